The van der Waals surface area contributed by atoms with E-state index in [2.05, 4.69) is 0 Å². The van der Waals surface area contributed by atoms with Crippen LogP contribution in [0.4, 0.5) is 0 Å². The number of hydrogen-bond acceptors (Lipinski definition) is 2. The smallest absolute Gasteiger partial charge is 0.132 e. The fourth-order valence-corrected chi connectivity index (χ4v) is 1.05. The summed E-state index contributed by atoms with van der Waals surface area (Å²) in [5.41, 5.74) is -0.144. The van der Waals surface area contributed by atoms with Gasteiger partial charge >= 0.3 is 0 Å². The Kier molecular flexibility index (Phi) is 3.73. The molecule has 0 bridgehead atoms. The van der Waals surface area contributed by atoms with Crippen LogP contribution in [-0.2, 0) is 9.53 Å². The molecule has 0 saturated carbocycles. The molecular formula is C9H18O2. The van der Waals surface area contributed by atoms with Gasteiger partial charge in [0.25, 0.3) is 0 Å². The number of carbonyl (C=O) groups excluding carboxylic acids is 1. The van der Waals surface area contributed by atoms with E-state index in [-0.39, 0.29) is 17.5 Å². The fourth-order valence-electron chi connectivity index (χ4n) is 1.05. The first-order valence-electron chi connectivity index (χ1n) is 3.98. The highest BCUT2D eigenvalue weighted by Gasteiger charge is 2.15. The zero-order chi connectivity index (χ0) is 9.07. The molecule has 0 radical (unpaired) electrons. The highest BCUT2D eigenvalue weighted by molar-refractivity contribution is 5.75. The summed E-state index contributed by atoms with van der Waals surface area (Å²) in [6.07, 6.45) is 0.546. The van der Waals surface area contributed by atoms with Crippen LogP contribution < -0.4 is 0 Å². The molecule has 0 aromatic heterocycles. The molecule has 0 amide bonds. The van der Waals surface area contributed by atoms with Crippen LogP contribution in [0, 0.1) is 0 Å². The van der Waals surface area contributed by atoms with Crippen molar-refractivity contribution in [1.82, 2.24) is 0 Å². The Morgan fingerprint density at radius 1 is 1.45 bits per heavy atom. The Labute approximate surface area is 68.9 Å². The minimum atomic E-state index is -0.144. The third kappa shape index (κ3) is 7.53. The zero-order valence-electron chi connectivity index (χ0n) is 8.10. The van der Waals surface area contributed by atoms with E-state index in [9.17, 15) is 4.79 Å². The van der Waals surface area contributed by atoms with Crippen molar-refractivity contribution in [1.29, 1.82) is 0 Å². The molecule has 0 rings (SSSR count). The highest BCUT2D eigenvalue weighted by Crippen LogP contribution is 2.12. The van der Waals surface area contributed by atoms with Crippen molar-refractivity contribution < 1.29 is 9.53 Å². The Bertz CT molecular complexity index is 133. The van der Waals surface area contributed by atoms with Crippen molar-refractivity contribution in [2.75, 3.05) is 0 Å². The first-order valence-corrected chi connectivity index (χ1v) is 3.98. The monoisotopic (exact) mass is 158 g/mol. The van der Waals surface area contributed by atoms with E-state index in [4.69, 9.17) is 4.74 Å². The van der Waals surface area contributed by atoms with Crippen LogP contribution in [-0.4, -0.2) is 17.5 Å². The van der Waals surface area contributed by atoms with Crippen molar-refractivity contribution in [2.45, 2.75) is 52.7 Å². The molecule has 0 N–H and O–H groups in total. The fraction of sp³-hybridized carbons (Fsp3) is 0.889. The van der Waals surface area contributed by atoms with Gasteiger partial charge < -0.3 is 4.74 Å². The van der Waals surface area contributed by atoms with E-state index in [1.165, 1.54) is 0 Å². The third-order valence-corrected chi connectivity index (χ3v) is 1.13. The summed E-state index contributed by atoms with van der Waals surface area (Å²) in [5.74, 6) is 0.182. The molecule has 1 atom stereocenters. The van der Waals surface area contributed by atoms with Crippen LogP contribution in [0.25, 0.3) is 0 Å². The predicted octanol–water partition coefficient (Wildman–Crippen LogP) is 2.17. The minimum absolute atomic E-state index is 0.0347. The van der Waals surface area contributed by atoms with Gasteiger partial charge in [0.2, 0.25) is 0 Å². The summed E-state index contributed by atoms with van der Waals surface area (Å²) in [5, 5.41) is 0. The normalized spacial score (nSPS) is 14.6. The molecule has 0 aliphatic heterocycles. The maximum atomic E-state index is 10.7. The van der Waals surface area contributed by atoms with Gasteiger partial charge in [-0.2, -0.15) is 0 Å². The van der Waals surface area contributed by atoms with E-state index in [1.54, 1.807) is 6.92 Å². The van der Waals surface area contributed by atoms with Crippen molar-refractivity contribution in [2.24, 2.45) is 0 Å². The Hall–Kier alpha value is -0.370. The zero-order valence-corrected chi connectivity index (χ0v) is 8.10. The SMILES string of the molecule is CC(=O)CC(C)OC(C)(C)C. The molecule has 0 fully saturated rings. The summed E-state index contributed by atoms with van der Waals surface area (Å²) >= 11 is 0. The summed E-state index contributed by atoms with van der Waals surface area (Å²) in [4.78, 5) is 10.7. The predicted molar refractivity (Wildman–Crippen MR) is 45.6 cm³/mol. The minimum Gasteiger partial charge on any atom is -0.372 e. The second-order valence-electron chi connectivity index (χ2n) is 3.95. The maximum absolute atomic E-state index is 10.7. The van der Waals surface area contributed by atoms with Crippen LogP contribution in [0.1, 0.15) is 41.0 Å². The van der Waals surface area contributed by atoms with Crippen LogP contribution in [0.5, 0.6) is 0 Å². The number of hydrogen-bond donors (Lipinski definition) is 0. The summed E-state index contributed by atoms with van der Waals surface area (Å²) in [7, 11) is 0. The van der Waals surface area contributed by atoms with Gasteiger partial charge in [0.1, 0.15) is 5.78 Å². The quantitative estimate of drug-likeness (QED) is 0.629. The van der Waals surface area contributed by atoms with Gasteiger partial charge in [0, 0.05) is 6.42 Å². The molecule has 66 valence electrons. The molecule has 0 aromatic rings. The first-order chi connectivity index (χ1) is 4.81. The van der Waals surface area contributed by atoms with Crippen molar-refractivity contribution >= 4 is 5.78 Å². The van der Waals surface area contributed by atoms with E-state index in [0.29, 0.717) is 6.42 Å². The van der Waals surface area contributed by atoms with Crippen LogP contribution in [0.15, 0.2) is 0 Å². The standard InChI is InChI=1S/C9H18O2/c1-7(10)6-8(2)11-9(3,4)5/h8H,6H2,1-5H3. The topological polar surface area (TPSA) is 26.3 Å². The third-order valence-electron chi connectivity index (χ3n) is 1.13. The molecule has 2 nitrogen and oxygen atoms in total. The van der Waals surface area contributed by atoms with Gasteiger partial charge in [-0.25, -0.2) is 0 Å². The summed E-state index contributed by atoms with van der Waals surface area (Å²) < 4.78 is 5.53. The van der Waals surface area contributed by atoms with Gasteiger partial charge in [-0.05, 0) is 34.6 Å². The molecule has 0 aromatic carbocycles. The van der Waals surface area contributed by atoms with Crippen LogP contribution in [0.2, 0.25) is 0 Å². The summed E-state index contributed by atoms with van der Waals surface area (Å²) in [6.45, 7) is 9.48. The molecule has 0 saturated heterocycles. The molecule has 0 aliphatic carbocycles. The van der Waals surface area contributed by atoms with Crippen LogP contribution >= 0.6 is 0 Å². The second-order valence-corrected chi connectivity index (χ2v) is 3.95. The average Bonchev–Trinajstić information content (AvgIpc) is 1.53. The lowest BCUT2D eigenvalue weighted by Crippen LogP contribution is -2.26. The lowest BCUT2D eigenvalue weighted by Gasteiger charge is -2.24. The van der Waals surface area contributed by atoms with Gasteiger partial charge in [0.05, 0.1) is 11.7 Å². The Morgan fingerprint density at radius 2 is 1.91 bits per heavy atom. The number of ketones is 1. The van der Waals surface area contributed by atoms with E-state index >= 15 is 0 Å². The molecule has 11 heavy (non-hydrogen) atoms. The van der Waals surface area contributed by atoms with Gasteiger partial charge in [0.15, 0.2) is 0 Å². The number of rotatable bonds is 3. The maximum Gasteiger partial charge on any atom is 0.132 e. The molecule has 1 unspecified atom stereocenters. The molecule has 0 spiro atoms. The van der Waals surface area contributed by atoms with Crippen molar-refractivity contribution in [3.63, 3.8) is 0 Å². The first kappa shape index (κ1) is 10.6. The number of ether oxygens (including phenoxy) is 1. The lowest BCUT2D eigenvalue weighted by molar-refractivity contribution is -0.122. The van der Waals surface area contributed by atoms with Crippen LogP contribution in [0.3, 0.4) is 0 Å². The molecule has 0 heterocycles. The molecular weight excluding hydrogens is 140 g/mol. The molecule has 2 heteroatoms. The average molecular weight is 158 g/mol. The van der Waals surface area contributed by atoms with Crippen molar-refractivity contribution in [3.8, 4) is 0 Å². The van der Waals surface area contributed by atoms with Gasteiger partial charge in [-0.15, -0.1) is 0 Å². The summed E-state index contributed by atoms with van der Waals surface area (Å²) in [6, 6.07) is 0. The van der Waals surface area contributed by atoms with E-state index in [0.717, 1.165) is 0 Å². The molecule has 0 aliphatic rings. The highest BCUT2D eigenvalue weighted by atomic mass is 16.5. The Balaban J connectivity index is 3.69. The number of carbonyl (C=O) groups is 1. The lowest BCUT2D eigenvalue weighted by atomic mass is 10.1. The second kappa shape index (κ2) is 3.86. The van der Waals surface area contributed by atoms with Gasteiger partial charge in [-0.1, -0.05) is 0 Å². The van der Waals surface area contributed by atoms with E-state index < -0.39 is 0 Å². The van der Waals surface area contributed by atoms with Crippen molar-refractivity contribution in [3.05, 3.63) is 0 Å². The largest absolute Gasteiger partial charge is 0.372 e. The van der Waals surface area contributed by atoms with E-state index in [1.807, 2.05) is 27.7 Å². The van der Waals surface area contributed by atoms with Gasteiger partial charge in [-0.3, -0.25) is 4.79 Å². The Morgan fingerprint density at radius 3 is 2.18 bits per heavy atom. The number of Topliss-reactive ketones (excluding diaryl/α,β-unsaturated/α-hetero) is 1.